The van der Waals surface area contributed by atoms with Crippen LogP contribution in [0.25, 0.3) is 5.57 Å². The van der Waals surface area contributed by atoms with Crippen LogP contribution in [-0.2, 0) is 17.6 Å². The van der Waals surface area contributed by atoms with Gasteiger partial charge in [0.25, 0.3) is 0 Å². The van der Waals surface area contributed by atoms with Gasteiger partial charge in [-0.15, -0.1) is 0 Å². The van der Waals surface area contributed by atoms with Gasteiger partial charge in [-0.2, -0.15) is 0 Å². The van der Waals surface area contributed by atoms with Gasteiger partial charge in [0, 0.05) is 12.1 Å². The van der Waals surface area contributed by atoms with E-state index in [1.165, 1.54) is 22.3 Å². The summed E-state index contributed by atoms with van der Waals surface area (Å²) < 4.78 is 6.15. The molecule has 1 aromatic carbocycles. The van der Waals surface area contributed by atoms with Crippen LogP contribution in [0.5, 0.6) is 5.75 Å². The van der Waals surface area contributed by atoms with Crippen molar-refractivity contribution in [2.45, 2.75) is 52.6 Å². The molecule has 0 bridgehead atoms. The summed E-state index contributed by atoms with van der Waals surface area (Å²) >= 11 is 0. The van der Waals surface area contributed by atoms with Gasteiger partial charge in [-0.3, -0.25) is 9.78 Å². The molecular weight excluding hydrogens is 350 g/mol. The van der Waals surface area contributed by atoms with E-state index in [1.54, 1.807) is 0 Å². The largest absolute Gasteiger partial charge is 0.484 e. The maximum Gasteiger partial charge on any atom is 0.303 e. The van der Waals surface area contributed by atoms with E-state index in [-0.39, 0.29) is 12.5 Å². The second-order valence-corrected chi connectivity index (χ2v) is 7.46. The van der Waals surface area contributed by atoms with Crippen molar-refractivity contribution < 1.29 is 14.6 Å². The molecule has 1 aliphatic heterocycles. The molecule has 4 heteroatoms. The lowest BCUT2D eigenvalue weighted by Crippen LogP contribution is -2.24. The third-order valence-electron chi connectivity index (χ3n) is 5.19. The van der Waals surface area contributed by atoms with Crippen LogP contribution < -0.4 is 4.74 Å². The standard InChI is InChI=1S/C24H27NO3/c1-15-6-5-7-16(2)24(15)18(4)14-17(3)21-12-10-20-22(28-21)11-8-19(25-20)9-13-23(26)27/h5-8,11,14,21H,3,9-10,12-13H2,1-2,4H3,(H,26,27)/b18-14+. The van der Waals surface area contributed by atoms with Crippen LogP contribution >= 0.6 is 0 Å². The number of aromatic nitrogens is 1. The van der Waals surface area contributed by atoms with E-state index in [1.807, 2.05) is 12.1 Å². The average Bonchev–Trinajstić information content (AvgIpc) is 2.65. The number of carbonyl (C=O) groups is 1. The lowest BCUT2D eigenvalue weighted by Gasteiger charge is -2.26. The van der Waals surface area contributed by atoms with Gasteiger partial charge < -0.3 is 9.84 Å². The van der Waals surface area contributed by atoms with Crippen molar-refractivity contribution >= 4 is 11.5 Å². The first-order valence-electron chi connectivity index (χ1n) is 9.66. The molecule has 1 atom stereocenters. The predicted molar refractivity (Wildman–Crippen MR) is 112 cm³/mol. The molecule has 0 radical (unpaired) electrons. The summed E-state index contributed by atoms with van der Waals surface area (Å²) in [6.07, 6.45) is 4.21. The fraction of sp³-hybridized carbons (Fsp3) is 0.333. The molecule has 2 aromatic rings. The highest BCUT2D eigenvalue weighted by Crippen LogP contribution is 2.31. The predicted octanol–water partition coefficient (Wildman–Crippen LogP) is 5.07. The Kier molecular flexibility index (Phi) is 5.98. The van der Waals surface area contributed by atoms with Crippen molar-refractivity contribution in [3.05, 3.63) is 76.6 Å². The molecule has 0 aliphatic carbocycles. The Morgan fingerprint density at radius 1 is 1.29 bits per heavy atom. The molecule has 1 aromatic heterocycles. The Bertz CT molecular complexity index is 923. The van der Waals surface area contributed by atoms with Gasteiger partial charge >= 0.3 is 5.97 Å². The normalized spacial score (nSPS) is 16.2. The third-order valence-corrected chi connectivity index (χ3v) is 5.19. The maximum atomic E-state index is 10.7. The van der Waals surface area contributed by atoms with E-state index in [4.69, 9.17) is 9.84 Å². The van der Waals surface area contributed by atoms with Gasteiger partial charge in [-0.1, -0.05) is 30.9 Å². The van der Waals surface area contributed by atoms with Crippen LogP contribution in [0.1, 0.15) is 47.8 Å². The highest BCUT2D eigenvalue weighted by Gasteiger charge is 2.23. The first kappa shape index (κ1) is 19.9. The summed E-state index contributed by atoms with van der Waals surface area (Å²) in [5.74, 6) is -0.0345. The maximum absolute atomic E-state index is 10.7. The number of benzene rings is 1. The number of hydrogen-bond acceptors (Lipinski definition) is 3. The number of nitrogens with zero attached hydrogens (tertiary/aromatic N) is 1. The van der Waals surface area contributed by atoms with Gasteiger partial charge in [0.15, 0.2) is 0 Å². The Labute approximate surface area is 166 Å². The Morgan fingerprint density at radius 3 is 2.68 bits per heavy atom. The molecule has 0 spiro atoms. The molecule has 0 saturated heterocycles. The Balaban J connectivity index is 1.73. The molecule has 1 unspecified atom stereocenters. The van der Waals surface area contributed by atoms with E-state index >= 15 is 0 Å². The van der Waals surface area contributed by atoms with E-state index in [9.17, 15) is 4.79 Å². The number of carboxylic acids is 1. The second kappa shape index (κ2) is 8.42. The number of allylic oxidation sites excluding steroid dienone is 1. The van der Waals surface area contributed by atoms with Crippen molar-refractivity contribution in [2.75, 3.05) is 0 Å². The molecule has 3 rings (SSSR count). The summed E-state index contributed by atoms with van der Waals surface area (Å²) in [5.41, 5.74) is 7.64. The van der Waals surface area contributed by atoms with Crippen LogP contribution in [0.15, 0.2) is 48.6 Å². The van der Waals surface area contributed by atoms with Crippen LogP contribution in [0.2, 0.25) is 0 Å². The highest BCUT2D eigenvalue weighted by atomic mass is 16.5. The highest BCUT2D eigenvalue weighted by molar-refractivity contribution is 5.71. The minimum absolute atomic E-state index is 0.0709. The first-order chi connectivity index (χ1) is 13.3. The molecule has 0 saturated carbocycles. The monoisotopic (exact) mass is 377 g/mol. The summed E-state index contributed by atoms with van der Waals surface area (Å²) in [6, 6.07) is 10.1. The van der Waals surface area contributed by atoms with E-state index < -0.39 is 5.97 Å². The zero-order chi connectivity index (χ0) is 20.3. The minimum atomic E-state index is -0.807. The fourth-order valence-corrected chi connectivity index (χ4v) is 3.82. The zero-order valence-electron chi connectivity index (χ0n) is 16.8. The SMILES string of the molecule is C=C(/C=C(\C)c1c(C)cccc1C)C1CCc2nc(CCC(=O)O)ccc2O1. The number of aliphatic carboxylic acids is 1. The number of ether oxygens (including phenoxy) is 1. The van der Waals surface area contributed by atoms with Gasteiger partial charge in [0.1, 0.15) is 11.9 Å². The van der Waals surface area contributed by atoms with Crippen LogP contribution in [0.3, 0.4) is 0 Å². The van der Waals surface area contributed by atoms with Crippen LogP contribution in [-0.4, -0.2) is 22.2 Å². The number of rotatable bonds is 6. The molecule has 2 heterocycles. The number of fused-ring (bicyclic) bond motifs is 1. The van der Waals surface area contributed by atoms with Crippen molar-refractivity contribution in [2.24, 2.45) is 0 Å². The van der Waals surface area contributed by atoms with Crippen molar-refractivity contribution in [1.82, 2.24) is 4.98 Å². The molecular formula is C24H27NO3. The second-order valence-electron chi connectivity index (χ2n) is 7.46. The van der Waals surface area contributed by atoms with E-state index in [0.29, 0.717) is 6.42 Å². The van der Waals surface area contributed by atoms with E-state index in [2.05, 4.69) is 56.6 Å². The van der Waals surface area contributed by atoms with Crippen LogP contribution in [0.4, 0.5) is 0 Å². The molecule has 0 amide bonds. The fourth-order valence-electron chi connectivity index (χ4n) is 3.82. The Hall–Kier alpha value is -2.88. The summed E-state index contributed by atoms with van der Waals surface area (Å²) in [5, 5.41) is 8.83. The zero-order valence-corrected chi connectivity index (χ0v) is 16.8. The quantitative estimate of drug-likeness (QED) is 0.714. The topological polar surface area (TPSA) is 59.4 Å². The number of carboxylic acid groups (broad SMARTS) is 1. The van der Waals surface area contributed by atoms with Gasteiger partial charge in [0.05, 0.1) is 12.1 Å². The summed E-state index contributed by atoms with van der Waals surface area (Å²) in [4.78, 5) is 15.3. The molecule has 1 aliphatic rings. The Morgan fingerprint density at radius 2 is 2.00 bits per heavy atom. The van der Waals surface area contributed by atoms with Crippen molar-refractivity contribution in [3.63, 3.8) is 0 Å². The van der Waals surface area contributed by atoms with Crippen molar-refractivity contribution in [1.29, 1.82) is 0 Å². The lowest BCUT2D eigenvalue weighted by molar-refractivity contribution is -0.136. The smallest absolute Gasteiger partial charge is 0.303 e. The third kappa shape index (κ3) is 4.50. The van der Waals surface area contributed by atoms with Gasteiger partial charge in [0.2, 0.25) is 0 Å². The molecule has 4 nitrogen and oxygen atoms in total. The van der Waals surface area contributed by atoms with Gasteiger partial charge in [-0.05, 0) is 73.6 Å². The van der Waals surface area contributed by atoms with E-state index in [0.717, 1.165) is 35.6 Å². The minimum Gasteiger partial charge on any atom is -0.484 e. The molecule has 0 fully saturated rings. The number of hydrogen-bond donors (Lipinski definition) is 1. The molecule has 28 heavy (non-hydrogen) atoms. The molecule has 1 N–H and O–H groups in total. The summed E-state index contributed by atoms with van der Waals surface area (Å²) in [6.45, 7) is 10.6. The van der Waals surface area contributed by atoms with Crippen molar-refractivity contribution in [3.8, 4) is 5.75 Å². The molecule has 146 valence electrons. The van der Waals surface area contributed by atoms with Gasteiger partial charge in [-0.25, -0.2) is 0 Å². The lowest BCUT2D eigenvalue weighted by atomic mass is 9.93. The number of aryl methyl sites for hydroxylation is 4. The van der Waals surface area contributed by atoms with Crippen LogP contribution in [0, 0.1) is 13.8 Å². The summed E-state index contributed by atoms with van der Waals surface area (Å²) in [7, 11) is 0. The first-order valence-corrected chi connectivity index (χ1v) is 9.66. The average molecular weight is 377 g/mol. The number of pyridine rings is 1.